The first kappa shape index (κ1) is 23.1. The van der Waals surface area contributed by atoms with E-state index in [0.29, 0.717) is 30.2 Å². The Balaban J connectivity index is 1.89. The number of rotatable bonds is 7. The molecular formula is C23H23F3N4O2. The van der Waals surface area contributed by atoms with Gasteiger partial charge in [-0.05, 0) is 42.3 Å². The SMILES string of the molecule is CCCc1ccc(NC(=O)c2cccnc2N(C)c2ccc(OC)nc2)cc1C(F)(F)F. The lowest BCUT2D eigenvalue weighted by Gasteiger charge is -2.21. The number of methoxy groups -OCH3 is 1. The van der Waals surface area contributed by atoms with Crippen molar-refractivity contribution >= 4 is 23.1 Å². The predicted octanol–water partition coefficient (Wildman–Crippen LogP) is 5.48. The smallest absolute Gasteiger partial charge is 0.416 e. The summed E-state index contributed by atoms with van der Waals surface area (Å²) < 4.78 is 45.5. The molecule has 2 heterocycles. The molecule has 0 saturated heterocycles. The van der Waals surface area contributed by atoms with E-state index in [1.54, 1.807) is 42.4 Å². The van der Waals surface area contributed by atoms with Crippen molar-refractivity contribution in [1.29, 1.82) is 0 Å². The summed E-state index contributed by atoms with van der Waals surface area (Å²) in [6.07, 6.45) is -0.526. The molecule has 3 rings (SSSR count). The van der Waals surface area contributed by atoms with Gasteiger partial charge >= 0.3 is 6.18 Å². The van der Waals surface area contributed by atoms with Crippen LogP contribution in [0.4, 0.5) is 30.4 Å². The molecule has 0 aliphatic heterocycles. The van der Waals surface area contributed by atoms with Crippen LogP contribution in [0.1, 0.15) is 34.8 Å². The lowest BCUT2D eigenvalue weighted by molar-refractivity contribution is -0.138. The standard InChI is InChI=1S/C23H23F3N4O2/c1-4-6-15-8-9-16(13-19(15)23(24,25)26)29-22(31)18-7-5-12-27-21(18)30(2)17-10-11-20(32-3)28-14-17/h5,7-14H,4,6H2,1-3H3,(H,29,31). The van der Waals surface area contributed by atoms with Crippen LogP contribution < -0.4 is 15.0 Å². The van der Waals surface area contributed by atoms with Crippen molar-refractivity contribution in [3.8, 4) is 5.88 Å². The van der Waals surface area contributed by atoms with Gasteiger partial charge in [0.25, 0.3) is 5.91 Å². The Morgan fingerprint density at radius 1 is 1.16 bits per heavy atom. The minimum Gasteiger partial charge on any atom is -0.481 e. The normalized spacial score (nSPS) is 11.2. The number of ether oxygens (including phenoxy) is 1. The Kier molecular flexibility index (Phi) is 6.97. The molecule has 0 aliphatic rings. The highest BCUT2D eigenvalue weighted by molar-refractivity contribution is 6.08. The van der Waals surface area contributed by atoms with Crippen LogP contribution in [-0.2, 0) is 12.6 Å². The van der Waals surface area contributed by atoms with Crippen LogP contribution in [0.5, 0.6) is 5.88 Å². The summed E-state index contributed by atoms with van der Waals surface area (Å²) in [4.78, 5) is 23.0. The van der Waals surface area contributed by atoms with Crippen molar-refractivity contribution in [3.05, 3.63) is 71.5 Å². The highest BCUT2D eigenvalue weighted by Gasteiger charge is 2.33. The van der Waals surface area contributed by atoms with E-state index in [1.165, 1.54) is 25.4 Å². The molecule has 0 unspecified atom stereocenters. The second-order valence-corrected chi connectivity index (χ2v) is 7.07. The third kappa shape index (κ3) is 5.16. The number of anilines is 3. The fourth-order valence-electron chi connectivity index (χ4n) is 3.26. The van der Waals surface area contributed by atoms with Gasteiger partial charge in [0.2, 0.25) is 5.88 Å². The quantitative estimate of drug-likeness (QED) is 0.523. The van der Waals surface area contributed by atoms with Crippen LogP contribution in [-0.4, -0.2) is 30.0 Å². The number of aryl methyl sites for hydroxylation is 1. The van der Waals surface area contributed by atoms with E-state index < -0.39 is 17.6 Å². The molecule has 32 heavy (non-hydrogen) atoms. The number of pyridine rings is 2. The van der Waals surface area contributed by atoms with E-state index >= 15 is 0 Å². The molecule has 0 fully saturated rings. The fourth-order valence-corrected chi connectivity index (χ4v) is 3.26. The van der Waals surface area contributed by atoms with Crippen molar-refractivity contribution in [2.24, 2.45) is 0 Å². The predicted molar refractivity (Wildman–Crippen MR) is 116 cm³/mol. The zero-order valence-corrected chi connectivity index (χ0v) is 17.9. The number of nitrogens with one attached hydrogen (secondary N) is 1. The van der Waals surface area contributed by atoms with E-state index in [9.17, 15) is 18.0 Å². The van der Waals surface area contributed by atoms with Gasteiger partial charge < -0.3 is 15.0 Å². The van der Waals surface area contributed by atoms with Crippen LogP contribution in [0.3, 0.4) is 0 Å². The average molecular weight is 444 g/mol. The molecule has 0 atom stereocenters. The Bertz CT molecular complexity index is 1090. The summed E-state index contributed by atoms with van der Waals surface area (Å²) in [5.41, 5.74) is 0.376. The molecule has 0 radical (unpaired) electrons. The summed E-state index contributed by atoms with van der Waals surface area (Å²) in [7, 11) is 3.22. The van der Waals surface area contributed by atoms with Gasteiger partial charge in [-0.3, -0.25) is 4.79 Å². The molecule has 3 aromatic rings. The van der Waals surface area contributed by atoms with Crippen LogP contribution in [0.25, 0.3) is 0 Å². The zero-order valence-electron chi connectivity index (χ0n) is 17.9. The maximum absolute atomic E-state index is 13.5. The zero-order chi connectivity index (χ0) is 23.3. The molecule has 2 aromatic heterocycles. The topological polar surface area (TPSA) is 67.4 Å². The van der Waals surface area contributed by atoms with Crippen LogP contribution >= 0.6 is 0 Å². The summed E-state index contributed by atoms with van der Waals surface area (Å²) in [6, 6.07) is 10.4. The Morgan fingerprint density at radius 2 is 1.94 bits per heavy atom. The molecule has 168 valence electrons. The van der Waals surface area contributed by atoms with Crippen molar-refractivity contribution in [2.75, 3.05) is 24.4 Å². The van der Waals surface area contributed by atoms with E-state index in [2.05, 4.69) is 15.3 Å². The van der Waals surface area contributed by atoms with Crippen LogP contribution in [0.15, 0.2) is 54.9 Å². The van der Waals surface area contributed by atoms with Crippen molar-refractivity contribution < 1.29 is 22.7 Å². The number of benzene rings is 1. The number of carbonyl (C=O) groups is 1. The van der Waals surface area contributed by atoms with Gasteiger partial charge in [0.1, 0.15) is 5.82 Å². The molecule has 0 aliphatic carbocycles. The molecule has 0 bridgehead atoms. The van der Waals surface area contributed by atoms with Crippen LogP contribution in [0, 0.1) is 0 Å². The molecule has 9 heteroatoms. The fraction of sp³-hybridized carbons (Fsp3) is 0.261. The summed E-state index contributed by atoms with van der Waals surface area (Å²) in [5.74, 6) is 0.196. The number of halogens is 3. The first-order valence-electron chi connectivity index (χ1n) is 9.94. The number of aromatic nitrogens is 2. The van der Waals surface area contributed by atoms with Gasteiger partial charge in [-0.2, -0.15) is 13.2 Å². The van der Waals surface area contributed by atoms with E-state index in [4.69, 9.17) is 4.74 Å². The lowest BCUT2D eigenvalue weighted by Crippen LogP contribution is -2.20. The third-order valence-corrected chi connectivity index (χ3v) is 4.86. The number of hydrogen-bond donors (Lipinski definition) is 1. The van der Waals surface area contributed by atoms with Gasteiger partial charge in [0, 0.05) is 25.0 Å². The minimum absolute atomic E-state index is 0.0609. The van der Waals surface area contributed by atoms with Gasteiger partial charge in [0.15, 0.2) is 0 Å². The maximum Gasteiger partial charge on any atom is 0.416 e. The molecule has 0 saturated carbocycles. The molecule has 1 aromatic carbocycles. The monoisotopic (exact) mass is 444 g/mol. The number of amides is 1. The highest BCUT2D eigenvalue weighted by Crippen LogP contribution is 2.35. The first-order valence-corrected chi connectivity index (χ1v) is 9.94. The van der Waals surface area contributed by atoms with Crippen molar-refractivity contribution in [2.45, 2.75) is 25.9 Å². The van der Waals surface area contributed by atoms with Gasteiger partial charge in [-0.15, -0.1) is 0 Å². The van der Waals surface area contributed by atoms with E-state index in [0.717, 1.165) is 6.07 Å². The van der Waals surface area contributed by atoms with Crippen molar-refractivity contribution in [1.82, 2.24) is 9.97 Å². The maximum atomic E-state index is 13.5. The Hall–Kier alpha value is -3.62. The van der Waals surface area contributed by atoms with Gasteiger partial charge in [-0.1, -0.05) is 19.4 Å². The lowest BCUT2D eigenvalue weighted by atomic mass is 10.0. The first-order chi connectivity index (χ1) is 15.2. The largest absolute Gasteiger partial charge is 0.481 e. The van der Waals surface area contributed by atoms with Crippen molar-refractivity contribution in [3.63, 3.8) is 0 Å². The summed E-state index contributed by atoms with van der Waals surface area (Å²) in [6.45, 7) is 1.81. The van der Waals surface area contributed by atoms with Gasteiger partial charge in [0.05, 0.1) is 30.1 Å². The Morgan fingerprint density at radius 3 is 2.56 bits per heavy atom. The summed E-state index contributed by atoms with van der Waals surface area (Å²) in [5, 5.41) is 2.56. The minimum atomic E-state index is -4.51. The van der Waals surface area contributed by atoms with Crippen LogP contribution in [0.2, 0.25) is 0 Å². The summed E-state index contributed by atoms with van der Waals surface area (Å²) >= 11 is 0. The molecule has 1 N–H and O–H groups in total. The Labute approximate surface area is 184 Å². The second kappa shape index (κ2) is 9.67. The molecule has 1 amide bonds. The second-order valence-electron chi connectivity index (χ2n) is 7.07. The highest BCUT2D eigenvalue weighted by atomic mass is 19.4. The third-order valence-electron chi connectivity index (χ3n) is 4.86. The van der Waals surface area contributed by atoms with E-state index in [-0.39, 0.29) is 16.8 Å². The molecule has 0 spiro atoms. The molecule has 6 nitrogen and oxygen atoms in total. The number of nitrogens with zero attached hydrogens (tertiary/aromatic N) is 3. The average Bonchev–Trinajstić information content (AvgIpc) is 2.79. The van der Waals surface area contributed by atoms with Gasteiger partial charge in [-0.25, -0.2) is 9.97 Å². The molecular weight excluding hydrogens is 421 g/mol. The number of hydrogen-bond acceptors (Lipinski definition) is 5. The number of alkyl halides is 3. The number of carbonyl (C=O) groups excluding carboxylic acids is 1. The van der Waals surface area contributed by atoms with E-state index in [1.807, 2.05) is 6.92 Å².